The number of nitrogens with zero attached hydrogens (tertiary/aromatic N) is 1. The van der Waals surface area contributed by atoms with Crippen LogP contribution in [0, 0.1) is 11.6 Å². The minimum absolute atomic E-state index is 0.0283. The van der Waals surface area contributed by atoms with Gasteiger partial charge in [-0.15, -0.1) is 0 Å². The average molecular weight is 259 g/mol. The van der Waals surface area contributed by atoms with Gasteiger partial charge in [0.1, 0.15) is 0 Å². The van der Waals surface area contributed by atoms with Crippen LogP contribution < -0.4 is 10.6 Å². The standard InChI is InChI=1S/C11H15F2N3O2/c1-3-14-10-7(12)6-8(13)11(16-10)15-5-4-9(17)18-2/h6H,3-5H2,1-2H3,(H2,14,15,16). The fourth-order valence-electron chi connectivity index (χ4n) is 1.27. The van der Waals surface area contributed by atoms with Crippen molar-refractivity contribution in [1.29, 1.82) is 0 Å². The van der Waals surface area contributed by atoms with E-state index in [2.05, 4.69) is 20.4 Å². The monoisotopic (exact) mass is 259 g/mol. The van der Waals surface area contributed by atoms with Gasteiger partial charge in [0.15, 0.2) is 23.3 Å². The zero-order chi connectivity index (χ0) is 13.5. The number of ether oxygens (including phenoxy) is 1. The van der Waals surface area contributed by atoms with E-state index in [1.165, 1.54) is 7.11 Å². The largest absolute Gasteiger partial charge is 0.469 e. The molecule has 0 amide bonds. The van der Waals surface area contributed by atoms with Gasteiger partial charge in [0.05, 0.1) is 13.5 Å². The number of nitrogens with one attached hydrogen (secondary N) is 2. The molecule has 0 aliphatic carbocycles. The number of esters is 1. The molecule has 0 bridgehead atoms. The number of hydrogen-bond donors (Lipinski definition) is 2. The van der Waals surface area contributed by atoms with E-state index < -0.39 is 17.6 Å². The molecule has 0 radical (unpaired) electrons. The van der Waals surface area contributed by atoms with Crippen LogP contribution in [0.3, 0.4) is 0 Å². The maximum absolute atomic E-state index is 13.4. The highest BCUT2D eigenvalue weighted by molar-refractivity contribution is 5.69. The van der Waals surface area contributed by atoms with Gasteiger partial charge in [0, 0.05) is 19.2 Å². The molecular formula is C11H15F2N3O2. The summed E-state index contributed by atoms with van der Waals surface area (Å²) in [5, 5.41) is 5.28. The number of rotatable bonds is 6. The first-order valence-corrected chi connectivity index (χ1v) is 5.49. The van der Waals surface area contributed by atoms with Crippen LogP contribution >= 0.6 is 0 Å². The van der Waals surface area contributed by atoms with Crippen LogP contribution in [-0.4, -0.2) is 31.2 Å². The molecule has 1 aromatic rings. The fourth-order valence-corrected chi connectivity index (χ4v) is 1.27. The van der Waals surface area contributed by atoms with Gasteiger partial charge in [0.2, 0.25) is 0 Å². The predicted molar refractivity (Wildman–Crippen MR) is 63.4 cm³/mol. The van der Waals surface area contributed by atoms with E-state index in [-0.39, 0.29) is 24.6 Å². The number of methoxy groups -OCH3 is 1. The Morgan fingerprint density at radius 2 is 1.94 bits per heavy atom. The topological polar surface area (TPSA) is 63.2 Å². The molecule has 0 saturated heterocycles. The molecule has 0 aliphatic heterocycles. The molecule has 100 valence electrons. The molecule has 7 heteroatoms. The molecule has 18 heavy (non-hydrogen) atoms. The van der Waals surface area contributed by atoms with Crippen molar-refractivity contribution < 1.29 is 18.3 Å². The SMILES string of the molecule is CCNc1nc(NCCC(=O)OC)c(F)cc1F. The molecule has 1 rings (SSSR count). The Bertz CT molecular complexity index is 427. The zero-order valence-electron chi connectivity index (χ0n) is 10.2. The Balaban J connectivity index is 2.69. The van der Waals surface area contributed by atoms with Crippen LogP contribution in [-0.2, 0) is 9.53 Å². The van der Waals surface area contributed by atoms with Crippen molar-refractivity contribution in [2.24, 2.45) is 0 Å². The first-order valence-electron chi connectivity index (χ1n) is 5.49. The first kappa shape index (κ1) is 14.1. The summed E-state index contributed by atoms with van der Waals surface area (Å²) in [6.45, 7) is 2.40. The van der Waals surface area contributed by atoms with E-state index in [9.17, 15) is 13.6 Å². The second-order valence-corrected chi connectivity index (χ2v) is 3.43. The highest BCUT2D eigenvalue weighted by atomic mass is 19.1. The van der Waals surface area contributed by atoms with Gasteiger partial charge in [-0.2, -0.15) is 0 Å². The molecule has 2 N–H and O–H groups in total. The highest BCUT2D eigenvalue weighted by Crippen LogP contribution is 2.18. The van der Waals surface area contributed by atoms with Crippen LogP contribution in [0.2, 0.25) is 0 Å². The maximum Gasteiger partial charge on any atom is 0.307 e. The lowest BCUT2D eigenvalue weighted by molar-refractivity contribution is -0.140. The molecular weight excluding hydrogens is 244 g/mol. The summed E-state index contributed by atoms with van der Waals surface area (Å²) in [4.78, 5) is 14.6. The lowest BCUT2D eigenvalue weighted by Gasteiger charge is -2.09. The molecule has 0 aromatic carbocycles. The van der Waals surface area contributed by atoms with Gasteiger partial charge in [-0.25, -0.2) is 13.8 Å². The van der Waals surface area contributed by atoms with Crippen LogP contribution in [0.25, 0.3) is 0 Å². The molecule has 0 spiro atoms. The summed E-state index contributed by atoms with van der Waals surface area (Å²) in [5.74, 6) is -2.11. The number of aromatic nitrogens is 1. The van der Waals surface area contributed by atoms with Crippen LogP contribution in [0.15, 0.2) is 6.07 Å². The van der Waals surface area contributed by atoms with Gasteiger partial charge in [0.25, 0.3) is 0 Å². The van der Waals surface area contributed by atoms with Crippen molar-refractivity contribution >= 4 is 17.6 Å². The summed E-state index contributed by atoms with van der Waals surface area (Å²) < 4.78 is 31.1. The van der Waals surface area contributed by atoms with E-state index in [0.717, 1.165) is 6.07 Å². The second-order valence-electron chi connectivity index (χ2n) is 3.43. The first-order chi connectivity index (χ1) is 8.58. The molecule has 0 saturated carbocycles. The minimum atomic E-state index is -0.806. The van der Waals surface area contributed by atoms with Gasteiger partial charge >= 0.3 is 5.97 Å². The fraction of sp³-hybridized carbons (Fsp3) is 0.455. The van der Waals surface area contributed by atoms with Crippen molar-refractivity contribution in [3.05, 3.63) is 17.7 Å². The van der Waals surface area contributed by atoms with E-state index in [1.54, 1.807) is 6.92 Å². The Kier molecular flexibility index (Phi) is 5.29. The lowest BCUT2D eigenvalue weighted by atomic mass is 10.3. The van der Waals surface area contributed by atoms with Crippen molar-refractivity contribution in [3.63, 3.8) is 0 Å². The number of carbonyl (C=O) groups is 1. The molecule has 5 nitrogen and oxygen atoms in total. The molecule has 0 fully saturated rings. The smallest absolute Gasteiger partial charge is 0.307 e. The second kappa shape index (κ2) is 6.73. The normalized spacial score (nSPS) is 10.0. The summed E-state index contributed by atoms with van der Waals surface area (Å²) in [6, 6.07) is 0.742. The van der Waals surface area contributed by atoms with Gasteiger partial charge < -0.3 is 15.4 Å². The van der Waals surface area contributed by atoms with Crippen LogP contribution in [0.4, 0.5) is 20.4 Å². The van der Waals surface area contributed by atoms with Crippen LogP contribution in [0.1, 0.15) is 13.3 Å². The predicted octanol–water partition coefficient (Wildman–Crippen LogP) is 1.77. The van der Waals surface area contributed by atoms with Crippen molar-refractivity contribution in [2.45, 2.75) is 13.3 Å². The number of halogens is 2. The Hall–Kier alpha value is -1.92. The van der Waals surface area contributed by atoms with E-state index >= 15 is 0 Å². The minimum Gasteiger partial charge on any atom is -0.469 e. The van der Waals surface area contributed by atoms with Crippen molar-refractivity contribution in [3.8, 4) is 0 Å². The third-order valence-corrected chi connectivity index (χ3v) is 2.12. The zero-order valence-corrected chi connectivity index (χ0v) is 10.2. The number of pyridine rings is 1. The maximum atomic E-state index is 13.4. The summed E-state index contributed by atoms with van der Waals surface area (Å²) >= 11 is 0. The van der Waals surface area contributed by atoms with Crippen LogP contribution in [0.5, 0.6) is 0 Å². The molecule has 0 unspecified atom stereocenters. The number of anilines is 2. The van der Waals surface area contributed by atoms with Crippen molar-refractivity contribution in [1.82, 2.24) is 4.98 Å². The van der Waals surface area contributed by atoms with Crippen molar-refractivity contribution in [2.75, 3.05) is 30.8 Å². The quantitative estimate of drug-likeness (QED) is 0.762. The van der Waals surface area contributed by atoms with E-state index in [0.29, 0.717) is 6.54 Å². The summed E-state index contributed by atoms with van der Waals surface area (Å²) in [7, 11) is 1.27. The van der Waals surface area contributed by atoms with Gasteiger partial charge in [-0.1, -0.05) is 0 Å². The summed E-state index contributed by atoms with van der Waals surface area (Å²) in [6.07, 6.45) is 0.0749. The Morgan fingerprint density at radius 3 is 2.50 bits per heavy atom. The Morgan fingerprint density at radius 1 is 1.33 bits per heavy atom. The average Bonchev–Trinajstić information content (AvgIpc) is 2.34. The number of hydrogen-bond acceptors (Lipinski definition) is 5. The number of carbonyl (C=O) groups excluding carboxylic acids is 1. The molecule has 0 atom stereocenters. The van der Waals surface area contributed by atoms with Gasteiger partial charge in [-0.05, 0) is 6.92 Å². The third kappa shape index (κ3) is 3.83. The molecule has 1 heterocycles. The molecule has 0 aliphatic rings. The summed E-state index contributed by atoms with van der Waals surface area (Å²) in [5.41, 5.74) is 0. The third-order valence-electron chi connectivity index (χ3n) is 2.12. The van der Waals surface area contributed by atoms with E-state index in [4.69, 9.17) is 0 Å². The highest BCUT2D eigenvalue weighted by Gasteiger charge is 2.11. The Labute approximate surface area is 104 Å². The lowest BCUT2D eigenvalue weighted by Crippen LogP contribution is -2.13. The molecule has 1 aromatic heterocycles. The van der Waals surface area contributed by atoms with Gasteiger partial charge in [-0.3, -0.25) is 4.79 Å². The van der Waals surface area contributed by atoms with E-state index in [1.807, 2.05) is 0 Å².